The highest BCUT2D eigenvalue weighted by Gasteiger charge is 2.23. The molecule has 1 aliphatic rings. The summed E-state index contributed by atoms with van der Waals surface area (Å²) in [6.45, 7) is 1.64. The van der Waals surface area contributed by atoms with E-state index in [9.17, 15) is 4.79 Å². The minimum Gasteiger partial charge on any atom is -0.394 e. The molecule has 0 radical (unpaired) electrons. The molecule has 1 saturated heterocycles. The van der Waals surface area contributed by atoms with E-state index < -0.39 is 0 Å². The fraction of sp³-hybridized carbons (Fsp3) is 0.533. The van der Waals surface area contributed by atoms with Gasteiger partial charge in [0.05, 0.1) is 25.1 Å². The van der Waals surface area contributed by atoms with Crippen LogP contribution in [0.1, 0.15) is 5.56 Å². The van der Waals surface area contributed by atoms with E-state index in [-0.39, 0.29) is 18.6 Å². The Kier molecular flexibility index (Phi) is 6.36. The molecule has 4 nitrogen and oxygen atoms in total. The Morgan fingerprint density at radius 3 is 2.95 bits per heavy atom. The smallest absolute Gasteiger partial charge is 0.232 e. The molecule has 0 aliphatic carbocycles. The molecule has 0 saturated carbocycles. The second kappa shape index (κ2) is 8.29. The number of ether oxygens (including phenoxy) is 1. The zero-order valence-corrected chi connectivity index (χ0v) is 12.3. The maximum atomic E-state index is 12.0. The molecule has 1 atom stereocenters. The Morgan fingerprint density at radius 2 is 2.20 bits per heavy atom. The third kappa shape index (κ3) is 4.81. The van der Waals surface area contributed by atoms with Crippen LogP contribution in [0.15, 0.2) is 30.3 Å². The predicted octanol–water partition coefficient (Wildman–Crippen LogP) is 1.18. The molecule has 20 heavy (non-hydrogen) atoms. The molecule has 5 heteroatoms. The molecule has 1 fully saturated rings. The average molecular weight is 295 g/mol. The Bertz CT molecular complexity index is 413. The molecule has 0 aromatic heterocycles. The van der Waals surface area contributed by atoms with Crippen molar-refractivity contribution < 1.29 is 14.6 Å². The van der Waals surface area contributed by atoms with E-state index in [1.54, 1.807) is 16.7 Å². The topological polar surface area (TPSA) is 49.8 Å². The predicted molar refractivity (Wildman–Crippen MR) is 80.9 cm³/mol. The third-order valence-corrected chi connectivity index (χ3v) is 4.24. The van der Waals surface area contributed by atoms with Gasteiger partial charge in [-0.25, -0.2) is 0 Å². The Morgan fingerprint density at radius 1 is 1.40 bits per heavy atom. The number of benzene rings is 1. The highest BCUT2D eigenvalue weighted by molar-refractivity contribution is 7.99. The van der Waals surface area contributed by atoms with Crippen molar-refractivity contribution in [1.82, 2.24) is 4.90 Å². The van der Waals surface area contributed by atoms with Gasteiger partial charge < -0.3 is 14.7 Å². The number of nitrogens with zero attached hydrogens (tertiary/aromatic N) is 1. The number of thioether (sulfide) groups is 1. The summed E-state index contributed by atoms with van der Waals surface area (Å²) in [5.74, 6) is 1.60. The van der Waals surface area contributed by atoms with Crippen LogP contribution in [0.2, 0.25) is 0 Å². The molecule has 1 aromatic rings. The van der Waals surface area contributed by atoms with Gasteiger partial charge in [0, 0.05) is 13.1 Å². The van der Waals surface area contributed by atoms with Crippen LogP contribution in [-0.4, -0.2) is 59.8 Å². The van der Waals surface area contributed by atoms with Gasteiger partial charge in [0.1, 0.15) is 0 Å². The van der Waals surface area contributed by atoms with Gasteiger partial charge in [-0.15, -0.1) is 0 Å². The van der Waals surface area contributed by atoms with Crippen molar-refractivity contribution in [3.8, 4) is 0 Å². The van der Waals surface area contributed by atoms with Crippen LogP contribution in [0.4, 0.5) is 0 Å². The number of carbonyl (C=O) groups excluding carboxylic acids is 1. The third-order valence-electron chi connectivity index (χ3n) is 3.30. The molecular formula is C15H21NO3S. The number of hydrogen-bond acceptors (Lipinski definition) is 4. The summed E-state index contributed by atoms with van der Waals surface area (Å²) in [5.41, 5.74) is 1.30. The lowest BCUT2D eigenvalue weighted by atomic mass is 10.2. The zero-order chi connectivity index (χ0) is 14.2. The highest BCUT2D eigenvalue weighted by Crippen LogP contribution is 2.10. The first-order valence-corrected chi connectivity index (χ1v) is 8.07. The first-order valence-electron chi connectivity index (χ1n) is 6.91. The van der Waals surface area contributed by atoms with Crippen molar-refractivity contribution in [1.29, 1.82) is 0 Å². The first-order chi connectivity index (χ1) is 9.79. The minimum atomic E-state index is -0.220. The van der Waals surface area contributed by atoms with Crippen molar-refractivity contribution in [2.45, 2.75) is 12.5 Å². The average Bonchev–Trinajstić information content (AvgIpc) is 2.52. The number of aliphatic hydroxyl groups excluding tert-OH is 1. The number of carbonyl (C=O) groups is 1. The monoisotopic (exact) mass is 295 g/mol. The van der Waals surface area contributed by atoms with E-state index in [2.05, 4.69) is 12.1 Å². The van der Waals surface area contributed by atoms with Gasteiger partial charge in [-0.1, -0.05) is 30.3 Å². The number of amides is 1. The molecule has 1 unspecified atom stereocenters. The second-order valence-corrected chi connectivity index (χ2v) is 5.91. The number of aliphatic hydroxyl groups is 1. The fourth-order valence-corrected chi connectivity index (χ4v) is 3.02. The van der Waals surface area contributed by atoms with E-state index in [0.717, 1.165) is 12.2 Å². The van der Waals surface area contributed by atoms with Crippen LogP contribution in [0.25, 0.3) is 0 Å². The number of hydrogen-bond donors (Lipinski definition) is 1. The van der Waals surface area contributed by atoms with Crippen LogP contribution in [0.3, 0.4) is 0 Å². The summed E-state index contributed by atoms with van der Waals surface area (Å²) in [4.78, 5) is 13.8. The van der Waals surface area contributed by atoms with Crippen molar-refractivity contribution in [2.75, 3.05) is 37.8 Å². The normalized spacial score (nSPS) is 19.1. The van der Waals surface area contributed by atoms with E-state index in [0.29, 0.717) is 25.4 Å². The summed E-state index contributed by atoms with van der Waals surface area (Å²) in [6, 6.07) is 10.3. The lowest BCUT2D eigenvalue weighted by Crippen LogP contribution is -2.47. The van der Waals surface area contributed by atoms with Gasteiger partial charge in [0.25, 0.3) is 0 Å². The Balaban J connectivity index is 1.65. The van der Waals surface area contributed by atoms with Crippen molar-refractivity contribution in [2.24, 2.45) is 0 Å². The Hall–Kier alpha value is -1.04. The maximum absolute atomic E-state index is 12.0. The van der Waals surface area contributed by atoms with Crippen molar-refractivity contribution in [3.05, 3.63) is 35.9 Å². The largest absolute Gasteiger partial charge is 0.394 e. The van der Waals surface area contributed by atoms with Crippen LogP contribution in [0.5, 0.6) is 0 Å². The molecule has 2 rings (SSSR count). The van der Waals surface area contributed by atoms with Crippen molar-refractivity contribution in [3.63, 3.8) is 0 Å². The zero-order valence-electron chi connectivity index (χ0n) is 11.5. The highest BCUT2D eigenvalue weighted by atomic mass is 32.2. The first kappa shape index (κ1) is 15.4. The van der Waals surface area contributed by atoms with Crippen LogP contribution < -0.4 is 0 Å². The summed E-state index contributed by atoms with van der Waals surface area (Å²) >= 11 is 1.66. The van der Waals surface area contributed by atoms with Gasteiger partial charge in [-0.05, 0) is 17.7 Å². The molecule has 1 aromatic carbocycles. The molecule has 1 aliphatic heterocycles. The molecule has 110 valence electrons. The van der Waals surface area contributed by atoms with Gasteiger partial charge >= 0.3 is 0 Å². The lowest BCUT2D eigenvalue weighted by Gasteiger charge is -2.32. The minimum absolute atomic E-state index is 0.0229. The van der Waals surface area contributed by atoms with Gasteiger partial charge in [0.2, 0.25) is 5.91 Å². The van der Waals surface area contributed by atoms with Crippen molar-refractivity contribution >= 4 is 17.7 Å². The summed E-state index contributed by atoms with van der Waals surface area (Å²) in [5, 5.41) is 9.06. The maximum Gasteiger partial charge on any atom is 0.232 e. The van der Waals surface area contributed by atoms with Crippen LogP contribution >= 0.6 is 11.8 Å². The van der Waals surface area contributed by atoms with E-state index >= 15 is 0 Å². The van der Waals surface area contributed by atoms with E-state index in [4.69, 9.17) is 9.84 Å². The molecule has 0 spiro atoms. The summed E-state index contributed by atoms with van der Waals surface area (Å²) < 4.78 is 5.34. The van der Waals surface area contributed by atoms with E-state index in [1.807, 2.05) is 18.2 Å². The number of morpholine rings is 1. The molecular weight excluding hydrogens is 274 g/mol. The molecule has 0 bridgehead atoms. The van der Waals surface area contributed by atoms with Gasteiger partial charge in [-0.3, -0.25) is 4.79 Å². The second-order valence-electron chi connectivity index (χ2n) is 4.80. The SMILES string of the molecule is O=C(CSCCc1ccccc1)N1CCOC(CO)C1. The number of rotatable bonds is 6. The van der Waals surface area contributed by atoms with E-state index in [1.165, 1.54) is 5.56 Å². The summed E-state index contributed by atoms with van der Waals surface area (Å²) in [7, 11) is 0. The van der Waals surface area contributed by atoms with Gasteiger partial charge in [-0.2, -0.15) is 11.8 Å². The molecule has 1 N–H and O–H groups in total. The lowest BCUT2D eigenvalue weighted by molar-refractivity contribution is -0.137. The molecule has 1 heterocycles. The standard InChI is InChI=1S/C15H21NO3S/c17-11-14-10-16(7-8-19-14)15(18)12-20-9-6-13-4-2-1-3-5-13/h1-5,14,17H,6-12H2. The number of aryl methyl sites for hydroxylation is 1. The summed E-state index contributed by atoms with van der Waals surface area (Å²) in [6.07, 6.45) is 0.767. The fourth-order valence-electron chi connectivity index (χ4n) is 2.14. The quantitative estimate of drug-likeness (QED) is 0.801. The van der Waals surface area contributed by atoms with Gasteiger partial charge in [0.15, 0.2) is 0 Å². The van der Waals surface area contributed by atoms with Crippen LogP contribution in [0, 0.1) is 0 Å². The Labute approximate surface area is 124 Å². The molecule has 1 amide bonds. The van der Waals surface area contributed by atoms with Crippen LogP contribution in [-0.2, 0) is 16.0 Å².